The molecule has 0 spiro atoms. The van der Waals surface area contributed by atoms with E-state index < -0.39 is 98.6 Å². The van der Waals surface area contributed by atoms with E-state index in [9.17, 15) is 40.2 Å². The lowest BCUT2D eigenvalue weighted by atomic mass is 9.99. The molecule has 0 radical (unpaired) electrons. The molecule has 0 unspecified atom stereocenters. The molecule has 1 aromatic rings. The van der Waals surface area contributed by atoms with Gasteiger partial charge in [-0.25, -0.2) is 4.98 Å². The third-order valence-corrected chi connectivity index (χ3v) is 7.05. The number of hydrogen-bond acceptors (Lipinski definition) is 17. The molecule has 0 aromatic carbocycles. The van der Waals surface area contributed by atoms with E-state index in [0.717, 1.165) is 0 Å². The monoisotopic (exact) mass is 635 g/mol. The lowest BCUT2D eigenvalue weighted by Crippen LogP contribution is -2.63. The summed E-state index contributed by atoms with van der Waals surface area (Å²) in [5.41, 5.74) is 23.0. The van der Waals surface area contributed by atoms with Crippen molar-refractivity contribution in [2.45, 2.75) is 86.2 Å². The lowest BCUT2D eigenvalue weighted by Gasteiger charge is -2.44. The van der Waals surface area contributed by atoms with Crippen molar-refractivity contribution in [1.82, 2.24) is 9.97 Å². The summed E-state index contributed by atoms with van der Waals surface area (Å²) in [5.74, 6) is -4.72. The van der Waals surface area contributed by atoms with E-state index in [1.807, 2.05) is 0 Å². The van der Waals surface area contributed by atoms with Gasteiger partial charge in [0, 0.05) is 24.9 Å². The van der Waals surface area contributed by atoms with Crippen LogP contribution in [0.4, 0.5) is 0 Å². The number of carbonyl (C=O) groups is 2. The van der Waals surface area contributed by atoms with E-state index in [2.05, 4.69) is 15.0 Å². The normalized spacial score (nSPS) is 33.4. The highest BCUT2D eigenvalue weighted by Crippen LogP contribution is 2.38. The van der Waals surface area contributed by atoms with Crippen LogP contribution in [-0.4, -0.2) is 152 Å². The molecule has 2 aliphatic heterocycles. The van der Waals surface area contributed by atoms with Crippen LogP contribution in [0.3, 0.4) is 0 Å². The highest BCUT2D eigenvalue weighted by Gasteiger charge is 2.62. The number of aliphatic imine (C=N–C) groups is 1. The van der Waals surface area contributed by atoms with Crippen LogP contribution in [-0.2, 0) is 39.7 Å². The molecule has 11 atom stereocenters. The zero-order valence-corrected chi connectivity index (χ0v) is 23.6. The number of guanidine groups is 1. The van der Waals surface area contributed by atoms with Gasteiger partial charge < -0.3 is 82.2 Å². The number of aromatic amines is 1. The summed E-state index contributed by atoms with van der Waals surface area (Å²) in [7, 11) is 0. The van der Waals surface area contributed by atoms with Gasteiger partial charge in [-0.15, -0.1) is 0 Å². The van der Waals surface area contributed by atoms with Gasteiger partial charge in [-0.1, -0.05) is 0 Å². The highest BCUT2D eigenvalue weighted by molar-refractivity contribution is 5.77. The van der Waals surface area contributed by atoms with Gasteiger partial charge in [-0.05, 0) is 12.8 Å². The third-order valence-electron chi connectivity index (χ3n) is 7.05. The lowest BCUT2D eigenvalue weighted by molar-refractivity contribution is -0.384. The number of carbonyl (C=O) groups excluding carboxylic acids is 2. The molecule has 2 fully saturated rings. The molecule has 250 valence electrons. The van der Waals surface area contributed by atoms with Gasteiger partial charge in [-0.2, -0.15) is 0 Å². The zero-order chi connectivity index (χ0) is 32.6. The number of H-pyrrole nitrogens is 1. The predicted molar refractivity (Wildman–Crippen MR) is 145 cm³/mol. The first-order chi connectivity index (χ1) is 20.8. The molecule has 0 amide bonds. The minimum atomic E-state index is -2.50. The second kappa shape index (κ2) is 15.8. The van der Waals surface area contributed by atoms with Crippen LogP contribution in [0.5, 0.6) is 0 Å². The van der Waals surface area contributed by atoms with Crippen LogP contribution in [0.25, 0.3) is 0 Å². The fraction of sp³-hybridized carbons (Fsp3) is 0.750. The molecular formula is C24H41N7O13. The van der Waals surface area contributed by atoms with Crippen LogP contribution in [0.1, 0.15) is 18.5 Å². The molecule has 1 aromatic heterocycles. The number of hydrogen-bond donors (Lipinski definition) is 11. The first-order valence-corrected chi connectivity index (χ1v) is 13.7. The molecule has 3 rings (SSSR count). The van der Waals surface area contributed by atoms with Crippen LogP contribution in [0.2, 0.25) is 0 Å². The Labute approximate surface area is 250 Å². The second-order valence-electron chi connectivity index (χ2n) is 10.4. The Balaban J connectivity index is 1.87. The first kappa shape index (κ1) is 35.5. The molecule has 2 aliphatic rings. The Morgan fingerprint density at radius 1 is 1.02 bits per heavy atom. The Hall–Kier alpha value is -3.02. The number of aromatic nitrogens is 2. The number of esters is 2. The van der Waals surface area contributed by atoms with Gasteiger partial charge in [0.2, 0.25) is 5.79 Å². The van der Waals surface area contributed by atoms with E-state index in [-0.39, 0.29) is 31.8 Å². The van der Waals surface area contributed by atoms with Gasteiger partial charge in [0.25, 0.3) is 0 Å². The fourth-order valence-electron chi connectivity index (χ4n) is 4.60. The SMILES string of the molecule is NC(N)=NCCC[C@H](N)C(=O)O[C@H]1[C@H](O)[C@@H](CO)O[C@@]1(COC(=O)[C@@H](N)Cc1cnc[nH]1)O[C@H]1O[C@H](CO)[C@@H](O)[C@H](O)[C@H]1O. The van der Waals surface area contributed by atoms with Gasteiger partial charge >= 0.3 is 11.9 Å². The van der Waals surface area contributed by atoms with Crippen molar-refractivity contribution in [3.05, 3.63) is 18.2 Å². The number of aliphatic hydroxyl groups is 6. The van der Waals surface area contributed by atoms with Gasteiger partial charge in [0.05, 0.1) is 19.5 Å². The number of ether oxygens (including phenoxy) is 5. The quantitative estimate of drug-likeness (QED) is 0.0369. The van der Waals surface area contributed by atoms with Gasteiger partial charge in [0.1, 0.15) is 55.3 Å². The second-order valence-corrected chi connectivity index (χ2v) is 10.4. The van der Waals surface area contributed by atoms with Crippen LogP contribution < -0.4 is 22.9 Å². The van der Waals surface area contributed by atoms with E-state index in [0.29, 0.717) is 5.69 Å². The van der Waals surface area contributed by atoms with E-state index >= 15 is 0 Å². The van der Waals surface area contributed by atoms with Crippen LogP contribution in [0, 0.1) is 0 Å². The minimum absolute atomic E-state index is 0.0186. The summed E-state index contributed by atoms with van der Waals surface area (Å²) >= 11 is 0. The largest absolute Gasteiger partial charge is 0.459 e. The third kappa shape index (κ3) is 8.57. The van der Waals surface area contributed by atoms with Gasteiger partial charge in [0.15, 0.2) is 18.4 Å². The predicted octanol–water partition coefficient (Wildman–Crippen LogP) is -6.62. The summed E-state index contributed by atoms with van der Waals surface area (Å²) in [6.07, 6.45) is -11.0. The van der Waals surface area contributed by atoms with Crippen molar-refractivity contribution in [3.8, 4) is 0 Å². The van der Waals surface area contributed by atoms with Crippen molar-refractivity contribution in [2.75, 3.05) is 26.4 Å². The summed E-state index contributed by atoms with van der Waals surface area (Å²) < 4.78 is 27.7. The van der Waals surface area contributed by atoms with E-state index in [4.69, 9.17) is 46.6 Å². The highest BCUT2D eigenvalue weighted by atomic mass is 16.8. The summed E-state index contributed by atoms with van der Waals surface area (Å²) in [5, 5.41) is 61.5. The molecule has 0 bridgehead atoms. The number of imidazole rings is 1. The Morgan fingerprint density at radius 2 is 1.73 bits per heavy atom. The summed E-state index contributed by atoms with van der Waals surface area (Å²) in [6, 6.07) is -2.50. The van der Waals surface area contributed by atoms with E-state index in [1.165, 1.54) is 12.5 Å². The number of rotatable bonds is 15. The molecule has 15 N–H and O–H groups in total. The van der Waals surface area contributed by atoms with Crippen LogP contribution in [0.15, 0.2) is 17.5 Å². The topological polar surface area (TPSA) is 347 Å². The average molecular weight is 636 g/mol. The number of nitrogens with zero attached hydrogens (tertiary/aromatic N) is 2. The van der Waals surface area contributed by atoms with E-state index in [1.54, 1.807) is 0 Å². The molecule has 0 saturated carbocycles. The van der Waals surface area contributed by atoms with Crippen molar-refractivity contribution >= 4 is 17.9 Å². The number of nitrogens with two attached hydrogens (primary N) is 4. The van der Waals surface area contributed by atoms with Crippen molar-refractivity contribution < 1.29 is 63.9 Å². The maximum absolute atomic E-state index is 13.0. The Bertz CT molecular complexity index is 1090. The van der Waals surface area contributed by atoms with Crippen molar-refractivity contribution in [3.63, 3.8) is 0 Å². The Kier molecular flexibility index (Phi) is 12.7. The molecule has 44 heavy (non-hydrogen) atoms. The standard InChI is InChI=1S/C24H41N7O13/c25-11(2-1-3-30-23(27)28)21(39)42-19-16(35)14(7-33)43-24(19,8-40-20(38)12(26)4-10-5-29-9-31-10)44-22-18(37)17(36)15(34)13(6-32)41-22/h5,9,11-19,22,32-37H,1-4,6-8,25-26H2,(H,29,31)(H4,27,28,30)/t11-,12-,13+,14+,15+,16+,17-,18+,19-,22+,24-/m0/s1. The smallest absolute Gasteiger partial charge is 0.323 e. The molecule has 3 heterocycles. The van der Waals surface area contributed by atoms with Crippen molar-refractivity contribution in [1.29, 1.82) is 0 Å². The molecular weight excluding hydrogens is 594 g/mol. The van der Waals surface area contributed by atoms with Crippen LogP contribution >= 0.6 is 0 Å². The maximum Gasteiger partial charge on any atom is 0.323 e. The first-order valence-electron chi connectivity index (χ1n) is 13.7. The maximum atomic E-state index is 13.0. The van der Waals surface area contributed by atoms with Gasteiger partial charge in [-0.3, -0.25) is 14.6 Å². The summed E-state index contributed by atoms with van der Waals surface area (Å²) in [6.45, 7) is -2.45. The average Bonchev–Trinajstić information content (AvgIpc) is 3.60. The zero-order valence-electron chi connectivity index (χ0n) is 23.6. The fourth-order valence-corrected chi connectivity index (χ4v) is 4.60. The molecule has 2 saturated heterocycles. The molecule has 20 nitrogen and oxygen atoms in total. The minimum Gasteiger partial charge on any atom is -0.459 e. The molecule has 0 aliphatic carbocycles. The summed E-state index contributed by atoms with van der Waals surface area (Å²) in [4.78, 5) is 36.2. The van der Waals surface area contributed by atoms with Crippen molar-refractivity contribution in [2.24, 2.45) is 27.9 Å². The number of nitrogens with one attached hydrogen (secondary N) is 1. The molecule has 20 heteroatoms. The Morgan fingerprint density at radius 3 is 2.34 bits per heavy atom. The number of aliphatic hydroxyl groups excluding tert-OH is 6.